The molecule has 2 rings (SSSR count). The van der Waals surface area contributed by atoms with Gasteiger partial charge in [0.25, 0.3) is 0 Å². The predicted octanol–water partition coefficient (Wildman–Crippen LogP) is 5.20. The van der Waals surface area contributed by atoms with Crippen LogP contribution >= 0.6 is 0 Å². The fraction of sp³-hybridized carbons (Fsp3) is 0.111. The van der Waals surface area contributed by atoms with Crippen LogP contribution in [0.25, 0.3) is 23.3 Å². The summed E-state index contributed by atoms with van der Waals surface area (Å²) >= 11 is 0. The highest BCUT2D eigenvalue weighted by Gasteiger charge is 2.08. The van der Waals surface area contributed by atoms with Gasteiger partial charge < -0.3 is 0 Å². The van der Waals surface area contributed by atoms with Gasteiger partial charge in [-0.3, -0.25) is 0 Å². The summed E-state index contributed by atoms with van der Waals surface area (Å²) < 4.78 is 0. The van der Waals surface area contributed by atoms with E-state index in [1.165, 1.54) is 27.8 Å². The second kappa shape index (κ2) is 5.50. The van der Waals surface area contributed by atoms with Crippen molar-refractivity contribution in [2.45, 2.75) is 13.3 Å². The van der Waals surface area contributed by atoms with Crippen molar-refractivity contribution < 1.29 is 0 Å². The fourth-order valence-electron chi connectivity index (χ4n) is 2.32. The number of hydrogen-bond acceptors (Lipinski definition) is 0. The van der Waals surface area contributed by atoms with Crippen molar-refractivity contribution in [2.75, 3.05) is 0 Å². The molecule has 0 saturated heterocycles. The summed E-state index contributed by atoms with van der Waals surface area (Å²) in [5, 5.41) is 0. The minimum absolute atomic E-state index is 1.01. The van der Waals surface area contributed by atoms with Gasteiger partial charge >= 0.3 is 0 Å². The Hall–Kier alpha value is -2.08. The average molecular weight is 234 g/mol. The van der Waals surface area contributed by atoms with Gasteiger partial charge in [0.1, 0.15) is 0 Å². The first-order chi connectivity index (χ1) is 8.81. The first-order valence-corrected chi connectivity index (χ1v) is 6.28. The standard InChI is InChI=1S/C18H18/c1-4-14-12-13-18(15-10-8-7-9-11-15)17(6-3)16(14)5-2/h5-13H,2-4H2,1H3. The Bertz CT molecular complexity index is 562. The van der Waals surface area contributed by atoms with Crippen LogP contribution in [0.1, 0.15) is 23.6 Å². The van der Waals surface area contributed by atoms with E-state index in [1.54, 1.807) is 0 Å². The van der Waals surface area contributed by atoms with E-state index in [9.17, 15) is 0 Å². The molecule has 0 saturated carbocycles. The van der Waals surface area contributed by atoms with E-state index < -0.39 is 0 Å². The van der Waals surface area contributed by atoms with Crippen molar-refractivity contribution in [3.8, 4) is 11.1 Å². The Kier molecular flexibility index (Phi) is 3.78. The highest BCUT2D eigenvalue weighted by atomic mass is 14.1. The van der Waals surface area contributed by atoms with E-state index in [4.69, 9.17) is 0 Å². The molecular weight excluding hydrogens is 216 g/mol. The van der Waals surface area contributed by atoms with Crippen LogP contribution in [0.5, 0.6) is 0 Å². The van der Waals surface area contributed by atoms with Gasteiger partial charge in [-0.2, -0.15) is 0 Å². The van der Waals surface area contributed by atoms with Crippen LogP contribution in [0.2, 0.25) is 0 Å². The minimum Gasteiger partial charge on any atom is -0.0984 e. The molecule has 0 aliphatic carbocycles. The summed E-state index contributed by atoms with van der Waals surface area (Å²) in [6.45, 7) is 10.1. The molecule has 2 aromatic carbocycles. The van der Waals surface area contributed by atoms with Crippen LogP contribution in [-0.4, -0.2) is 0 Å². The predicted molar refractivity (Wildman–Crippen MR) is 81.4 cm³/mol. The zero-order chi connectivity index (χ0) is 13.0. The monoisotopic (exact) mass is 234 g/mol. The second-order valence-electron chi connectivity index (χ2n) is 4.23. The van der Waals surface area contributed by atoms with Gasteiger partial charge in [-0.05, 0) is 34.2 Å². The van der Waals surface area contributed by atoms with E-state index in [0.29, 0.717) is 0 Å². The molecule has 0 fully saturated rings. The molecule has 0 N–H and O–H groups in total. The summed E-state index contributed by atoms with van der Waals surface area (Å²) in [6.07, 6.45) is 4.87. The summed E-state index contributed by atoms with van der Waals surface area (Å²) in [5.74, 6) is 0. The van der Waals surface area contributed by atoms with Crippen molar-refractivity contribution in [3.05, 3.63) is 72.3 Å². The summed E-state index contributed by atoms with van der Waals surface area (Å²) in [4.78, 5) is 0. The molecule has 0 unspecified atom stereocenters. The van der Waals surface area contributed by atoms with Crippen LogP contribution in [0.4, 0.5) is 0 Å². The molecule has 90 valence electrons. The lowest BCUT2D eigenvalue weighted by Crippen LogP contribution is -1.93. The van der Waals surface area contributed by atoms with Crippen molar-refractivity contribution in [2.24, 2.45) is 0 Å². The molecule has 0 bridgehead atoms. The number of hydrogen-bond donors (Lipinski definition) is 0. The van der Waals surface area contributed by atoms with Gasteiger partial charge in [-0.25, -0.2) is 0 Å². The molecule has 0 heterocycles. The first-order valence-electron chi connectivity index (χ1n) is 6.28. The van der Waals surface area contributed by atoms with Crippen LogP contribution in [-0.2, 0) is 6.42 Å². The molecule has 0 amide bonds. The lowest BCUT2D eigenvalue weighted by atomic mass is 9.91. The zero-order valence-electron chi connectivity index (χ0n) is 10.8. The Morgan fingerprint density at radius 1 is 0.889 bits per heavy atom. The largest absolute Gasteiger partial charge is 0.0984 e. The fourth-order valence-corrected chi connectivity index (χ4v) is 2.32. The van der Waals surface area contributed by atoms with E-state index >= 15 is 0 Å². The van der Waals surface area contributed by atoms with E-state index in [1.807, 2.05) is 18.2 Å². The smallest absolute Gasteiger partial charge is 0.0105 e. The number of aryl methyl sites for hydroxylation is 1. The third kappa shape index (κ3) is 2.14. The topological polar surface area (TPSA) is 0 Å². The summed E-state index contributed by atoms with van der Waals surface area (Å²) in [5.41, 5.74) is 6.14. The van der Waals surface area contributed by atoms with Gasteiger partial charge in [0.15, 0.2) is 0 Å². The van der Waals surface area contributed by atoms with Crippen molar-refractivity contribution >= 4 is 12.2 Å². The third-order valence-electron chi connectivity index (χ3n) is 3.25. The molecule has 0 heteroatoms. The molecule has 0 nitrogen and oxygen atoms in total. The molecule has 2 aromatic rings. The Balaban J connectivity index is 2.70. The molecule has 0 aromatic heterocycles. The van der Waals surface area contributed by atoms with Crippen LogP contribution < -0.4 is 0 Å². The Labute approximate surface area is 109 Å². The van der Waals surface area contributed by atoms with Gasteiger partial charge in [0, 0.05) is 0 Å². The SMILES string of the molecule is C=Cc1c(CC)ccc(-c2ccccc2)c1C=C. The summed E-state index contributed by atoms with van der Waals surface area (Å²) in [7, 11) is 0. The maximum atomic E-state index is 3.95. The van der Waals surface area contributed by atoms with E-state index in [2.05, 4.69) is 56.5 Å². The second-order valence-corrected chi connectivity index (χ2v) is 4.23. The van der Waals surface area contributed by atoms with Gasteiger partial charge in [-0.15, -0.1) is 0 Å². The summed E-state index contributed by atoms with van der Waals surface area (Å²) in [6, 6.07) is 14.8. The van der Waals surface area contributed by atoms with Crippen molar-refractivity contribution in [1.82, 2.24) is 0 Å². The normalized spacial score (nSPS) is 10.1. The average Bonchev–Trinajstić information content (AvgIpc) is 2.46. The molecule has 0 atom stereocenters. The Morgan fingerprint density at radius 2 is 1.56 bits per heavy atom. The first kappa shape index (κ1) is 12.4. The third-order valence-corrected chi connectivity index (χ3v) is 3.25. The van der Waals surface area contributed by atoms with Crippen LogP contribution in [0, 0.1) is 0 Å². The molecular formula is C18H18. The molecule has 0 spiro atoms. The quantitative estimate of drug-likeness (QED) is 0.682. The van der Waals surface area contributed by atoms with Crippen molar-refractivity contribution in [3.63, 3.8) is 0 Å². The maximum Gasteiger partial charge on any atom is -0.0105 e. The maximum absolute atomic E-state index is 3.95. The molecule has 0 aliphatic rings. The minimum atomic E-state index is 1.01. The van der Waals surface area contributed by atoms with Gasteiger partial charge in [0.05, 0.1) is 0 Å². The van der Waals surface area contributed by atoms with Gasteiger partial charge in [-0.1, -0.05) is 74.7 Å². The van der Waals surface area contributed by atoms with Crippen LogP contribution in [0.15, 0.2) is 55.6 Å². The van der Waals surface area contributed by atoms with Gasteiger partial charge in [0.2, 0.25) is 0 Å². The lowest BCUT2D eigenvalue weighted by molar-refractivity contribution is 1.13. The highest BCUT2D eigenvalue weighted by Crippen LogP contribution is 2.30. The number of rotatable bonds is 4. The van der Waals surface area contributed by atoms with Crippen LogP contribution in [0.3, 0.4) is 0 Å². The molecule has 18 heavy (non-hydrogen) atoms. The number of benzene rings is 2. The highest BCUT2D eigenvalue weighted by molar-refractivity contribution is 5.81. The molecule has 0 aliphatic heterocycles. The van der Waals surface area contributed by atoms with E-state index in [-0.39, 0.29) is 0 Å². The Morgan fingerprint density at radius 3 is 2.11 bits per heavy atom. The molecule has 0 radical (unpaired) electrons. The van der Waals surface area contributed by atoms with E-state index in [0.717, 1.165) is 6.42 Å². The van der Waals surface area contributed by atoms with Crippen molar-refractivity contribution in [1.29, 1.82) is 0 Å². The zero-order valence-corrected chi connectivity index (χ0v) is 10.8. The lowest BCUT2D eigenvalue weighted by Gasteiger charge is -2.13.